The van der Waals surface area contributed by atoms with Gasteiger partial charge in [0, 0.05) is 55.6 Å². The zero-order valence-electron chi connectivity index (χ0n) is 21.6. The minimum absolute atomic E-state index is 0.0971. The molecule has 0 bridgehead atoms. The number of hydrogen-bond acceptors (Lipinski definition) is 9. The number of hydroxylamine groups is 1. The number of nitrogens with zero attached hydrogens (tertiary/aromatic N) is 6. The first kappa shape index (κ1) is 26.1. The Balaban J connectivity index is 1.38. The molecule has 12 heteroatoms. The average Bonchev–Trinajstić information content (AvgIpc) is 3.39. The summed E-state index contributed by atoms with van der Waals surface area (Å²) in [6, 6.07) is 11.5. The van der Waals surface area contributed by atoms with Crippen LogP contribution >= 0.6 is 11.3 Å². The molecule has 1 aliphatic carbocycles. The molecule has 9 nitrogen and oxygen atoms in total. The number of rotatable bonds is 6. The highest BCUT2D eigenvalue weighted by molar-refractivity contribution is 7.16. The summed E-state index contributed by atoms with van der Waals surface area (Å²) < 4.78 is 29.1. The van der Waals surface area contributed by atoms with Crippen LogP contribution in [0.3, 0.4) is 0 Å². The number of hydrogen-bond donors (Lipinski definition) is 2. The van der Waals surface area contributed by atoms with Gasteiger partial charge in [0.15, 0.2) is 10.9 Å². The molecule has 0 unspecified atom stereocenters. The summed E-state index contributed by atoms with van der Waals surface area (Å²) in [5.74, 6) is -1.25. The lowest BCUT2D eigenvalue weighted by Crippen LogP contribution is -2.49. The van der Waals surface area contributed by atoms with E-state index < -0.39 is 11.7 Å². The molecule has 0 atom stereocenters. The van der Waals surface area contributed by atoms with E-state index in [0.29, 0.717) is 52.8 Å². The number of fused-ring (bicyclic) bond motifs is 2. The van der Waals surface area contributed by atoms with Gasteiger partial charge in [-0.1, -0.05) is 11.3 Å². The first-order valence-electron chi connectivity index (χ1n) is 12.8. The Morgan fingerprint density at radius 1 is 1.15 bits per heavy atom. The van der Waals surface area contributed by atoms with Gasteiger partial charge in [0.1, 0.15) is 28.0 Å². The Morgan fingerprint density at radius 2 is 1.90 bits per heavy atom. The lowest BCUT2D eigenvalue weighted by Gasteiger charge is -2.36. The molecule has 6 rings (SSSR count). The van der Waals surface area contributed by atoms with Crippen molar-refractivity contribution < 1.29 is 18.8 Å². The normalized spacial score (nSPS) is 14.9. The van der Waals surface area contributed by atoms with Crippen LogP contribution in [0.1, 0.15) is 16.1 Å². The highest BCUT2D eigenvalue weighted by Gasteiger charge is 2.29. The van der Waals surface area contributed by atoms with Crippen molar-refractivity contribution in [1.29, 1.82) is 5.26 Å². The maximum Gasteiger partial charge on any atom is 0.257 e. The van der Waals surface area contributed by atoms with E-state index in [1.807, 2.05) is 22.9 Å². The van der Waals surface area contributed by atoms with Crippen LogP contribution in [0.2, 0.25) is 0 Å². The van der Waals surface area contributed by atoms with E-state index in [0.717, 1.165) is 35.5 Å². The van der Waals surface area contributed by atoms with Gasteiger partial charge in [0.05, 0.1) is 12.2 Å². The standard InChI is InChI=1S/C28H25F2N7O2S/c1-35(28-33-25(23(14-31)40-28)16-2-4-17(29)5-3-16)27-19-6-7-22(19)32-26-20(27)12-18(13-21(26)30)37-10-8-36(9-11-37)15-24(38)34-39/h2-5,12-13,39H,6-11,15H2,1H3,(H,34,38). The smallest absolute Gasteiger partial charge is 0.257 e. The molecular weight excluding hydrogens is 536 g/mol. The molecule has 40 heavy (non-hydrogen) atoms. The molecule has 1 amide bonds. The fourth-order valence-electron chi connectivity index (χ4n) is 5.31. The fourth-order valence-corrected chi connectivity index (χ4v) is 6.17. The van der Waals surface area contributed by atoms with Crippen molar-refractivity contribution >= 4 is 44.7 Å². The Kier molecular flexibility index (Phi) is 6.79. The van der Waals surface area contributed by atoms with Crippen molar-refractivity contribution in [3.63, 3.8) is 0 Å². The van der Waals surface area contributed by atoms with Gasteiger partial charge >= 0.3 is 0 Å². The summed E-state index contributed by atoms with van der Waals surface area (Å²) in [5, 5.41) is 19.8. The lowest BCUT2D eigenvalue weighted by atomic mass is 9.89. The minimum atomic E-state index is -0.467. The second-order valence-electron chi connectivity index (χ2n) is 9.86. The predicted molar refractivity (Wildman–Crippen MR) is 148 cm³/mol. The van der Waals surface area contributed by atoms with Crippen LogP contribution in [0, 0.1) is 23.0 Å². The van der Waals surface area contributed by atoms with E-state index in [4.69, 9.17) is 10.2 Å². The second-order valence-corrected chi connectivity index (χ2v) is 10.8. The monoisotopic (exact) mass is 561 g/mol. The predicted octanol–water partition coefficient (Wildman–Crippen LogP) is 4.00. The number of nitrogens with one attached hydrogen (secondary N) is 1. The second kappa shape index (κ2) is 10.4. The Hall–Kier alpha value is -4.18. The van der Waals surface area contributed by atoms with Crippen molar-refractivity contribution in [1.82, 2.24) is 20.3 Å². The third-order valence-electron chi connectivity index (χ3n) is 7.48. The third kappa shape index (κ3) is 4.62. The van der Waals surface area contributed by atoms with E-state index in [9.17, 15) is 14.4 Å². The molecule has 2 aromatic carbocycles. The molecule has 204 valence electrons. The van der Waals surface area contributed by atoms with Crippen molar-refractivity contribution in [2.75, 3.05) is 49.6 Å². The number of thiazole rings is 1. The van der Waals surface area contributed by atoms with Crippen molar-refractivity contribution in [2.24, 2.45) is 0 Å². The van der Waals surface area contributed by atoms with E-state index >= 15 is 4.39 Å². The zero-order chi connectivity index (χ0) is 28.0. The number of piperazine rings is 1. The largest absolute Gasteiger partial charge is 0.369 e. The number of anilines is 3. The number of pyridine rings is 1. The SMILES string of the molecule is CN(c1nc(-c2ccc(F)cc2)c(C#N)s1)c1c2c(nc3c(F)cc(N4CCN(CC(=O)NO)CC4)cc13)CC2. The Morgan fingerprint density at radius 3 is 2.55 bits per heavy atom. The van der Waals surface area contributed by atoms with Crippen LogP contribution in [0.5, 0.6) is 0 Å². The Labute approximate surface area is 232 Å². The number of benzene rings is 2. The highest BCUT2D eigenvalue weighted by Crippen LogP contribution is 2.44. The van der Waals surface area contributed by atoms with E-state index in [1.54, 1.807) is 17.6 Å². The van der Waals surface area contributed by atoms with Crippen LogP contribution in [0.15, 0.2) is 36.4 Å². The number of carbonyl (C=O) groups excluding carboxylic acids is 1. The van der Waals surface area contributed by atoms with Crippen LogP contribution < -0.4 is 15.3 Å². The number of aromatic nitrogens is 2. The first-order chi connectivity index (χ1) is 19.4. The molecule has 4 aromatic rings. The lowest BCUT2D eigenvalue weighted by molar-refractivity contribution is -0.130. The van der Waals surface area contributed by atoms with Crippen molar-refractivity contribution in [3.05, 3.63) is 64.2 Å². The first-order valence-corrected chi connectivity index (χ1v) is 13.6. The van der Waals surface area contributed by atoms with Crippen molar-refractivity contribution in [3.8, 4) is 17.3 Å². The van der Waals surface area contributed by atoms with Gasteiger partial charge in [-0.3, -0.25) is 14.9 Å². The molecular formula is C28H25F2N7O2S. The molecule has 1 fully saturated rings. The molecule has 2 aromatic heterocycles. The summed E-state index contributed by atoms with van der Waals surface area (Å²) in [4.78, 5) is 27.2. The molecule has 0 saturated carbocycles. The summed E-state index contributed by atoms with van der Waals surface area (Å²) in [5.41, 5.74) is 6.49. The summed E-state index contributed by atoms with van der Waals surface area (Å²) in [7, 11) is 1.86. The van der Waals surface area contributed by atoms with Gasteiger partial charge in [0.25, 0.3) is 5.91 Å². The molecule has 1 aliphatic heterocycles. The third-order valence-corrected chi connectivity index (χ3v) is 8.52. The van der Waals surface area contributed by atoms with Crippen LogP contribution in [-0.4, -0.2) is 65.8 Å². The number of carbonyl (C=O) groups is 1. The maximum absolute atomic E-state index is 15.6. The topological polar surface area (TPSA) is 109 Å². The average molecular weight is 562 g/mol. The molecule has 3 heterocycles. The van der Waals surface area contributed by atoms with Gasteiger partial charge in [-0.2, -0.15) is 5.26 Å². The summed E-state index contributed by atoms with van der Waals surface area (Å²) in [6.45, 7) is 2.45. The Bertz CT molecular complexity index is 1660. The van der Waals surface area contributed by atoms with Crippen molar-refractivity contribution in [2.45, 2.75) is 12.8 Å². The van der Waals surface area contributed by atoms with Gasteiger partial charge in [-0.05, 0) is 54.8 Å². The number of halogens is 2. The zero-order valence-corrected chi connectivity index (χ0v) is 22.4. The summed E-state index contributed by atoms with van der Waals surface area (Å²) >= 11 is 1.23. The maximum atomic E-state index is 15.6. The molecule has 0 radical (unpaired) electrons. The minimum Gasteiger partial charge on any atom is -0.369 e. The van der Waals surface area contributed by atoms with E-state index in [2.05, 4.69) is 16.0 Å². The summed E-state index contributed by atoms with van der Waals surface area (Å²) in [6.07, 6.45) is 1.56. The van der Waals surface area contributed by atoms with E-state index in [-0.39, 0.29) is 17.9 Å². The number of aryl methyl sites for hydroxylation is 1. The van der Waals surface area contributed by atoms with Crippen LogP contribution in [-0.2, 0) is 17.6 Å². The van der Waals surface area contributed by atoms with Crippen LogP contribution in [0.4, 0.5) is 25.3 Å². The molecule has 2 N–H and O–H groups in total. The number of nitriles is 1. The quantitative estimate of drug-likeness (QED) is 0.269. The molecule has 1 saturated heterocycles. The van der Waals surface area contributed by atoms with E-state index in [1.165, 1.54) is 29.5 Å². The van der Waals surface area contributed by atoms with Gasteiger partial charge in [-0.25, -0.2) is 24.2 Å². The van der Waals surface area contributed by atoms with Crippen LogP contribution in [0.25, 0.3) is 22.2 Å². The molecule has 2 aliphatic rings. The van der Waals surface area contributed by atoms with Gasteiger partial charge < -0.3 is 9.80 Å². The van der Waals surface area contributed by atoms with Gasteiger partial charge in [0.2, 0.25) is 0 Å². The molecule has 0 spiro atoms. The number of amides is 1. The fraction of sp³-hybridized carbons (Fsp3) is 0.286. The highest BCUT2D eigenvalue weighted by atomic mass is 32.1. The van der Waals surface area contributed by atoms with Gasteiger partial charge in [-0.15, -0.1) is 0 Å².